The number of nitrogens with one attached hydrogen (secondary N) is 1. The molecule has 2 aliphatic rings. The largest absolute Gasteiger partial charge is 0.381 e. The molecule has 1 aromatic carbocycles. The quantitative estimate of drug-likeness (QED) is 0.388. The van der Waals surface area contributed by atoms with Crippen molar-refractivity contribution in [1.29, 1.82) is 0 Å². The van der Waals surface area contributed by atoms with Crippen LogP contribution in [0.2, 0.25) is 0 Å². The molecule has 0 radical (unpaired) electrons. The molecule has 0 unspecified atom stereocenters. The van der Waals surface area contributed by atoms with Crippen LogP contribution < -0.4 is 10.2 Å². The van der Waals surface area contributed by atoms with Crippen molar-refractivity contribution in [3.8, 4) is 0 Å². The molecule has 0 aromatic heterocycles. The molecule has 3 rings (SSSR count). The van der Waals surface area contributed by atoms with Gasteiger partial charge in [-0.2, -0.15) is 11.8 Å². The Morgan fingerprint density at radius 3 is 2.52 bits per heavy atom. The lowest BCUT2D eigenvalue weighted by Crippen LogP contribution is -2.55. The van der Waals surface area contributed by atoms with Crippen molar-refractivity contribution in [3.63, 3.8) is 0 Å². The Bertz CT molecular complexity index is 614. The maximum Gasteiger partial charge on any atom is 0.193 e. The van der Waals surface area contributed by atoms with E-state index in [1.165, 1.54) is 11.3 Å². The SMILES string of the molecule is CN=C(NCC1(SC)CCOCC1)N1CCN(c2cccc(C)c2)CC1.I. The third kappa shape index (κ3) is 5.90. The zero-order valence-corrected chi connectivity index (χ0v) is 19.9. The summed E-state index contributed by atoms with van der Waals surface area (Å²) in [5, 5.41) is 3.65. The predicted molar refractivity (Wildman–Crippen MR) is 128 cm³/mol. The first-order chi connectivity index (χ1) is 12.7. The van der Waals surface area contributed by atoms with Crippen LogP contribution in [-0.2, 0) is 4.74 Å². The molecular weight excluding hydrogens is 471 g/mol. The summed E-state index contributed by atoms with van der Waals surface area (Å²) >= 11 is 1.97. The number of guanidine groups is 1. The molecule has 2 heterocycles. The number of piperazine rings is 1. The van der Waals surface area contributed by atoms with Gasteiger partial charge in [-0.1, -0.05) is 12.1 Å². The molecule has 0 bridgehead atoms. The number of anilines is 1. The third-order valence-corrected chi connectivity index (χ3v) is 6.98. The average molecular weight is 504 g/mol. The molecule has 2 fully saturated rings. The monoisotopic (exact) mass is 504 g/mol. The van der Waals surface area contributed by atoms with Crippen LogP contribution in [-0.4, -0.2) is 74.8 Å². The molecule has 27 heavy (non-hydrogen) atoms. The second-order valence-corrected chi connectivity index (χ2v) is 8.49. The van der Waals surface area contributed by atoms with Crippen LogP contribution in [0.15, 0.2) is 29.3 Å². The summed E-state index contributed by atoms with van der Waals surface area (Å²) < 4.78 is 5.83. The molecular formula is C20H33IN4OS. The van der Waals surface area contributed by atoms with Crippen LogP contribution in [0.25, 0.3) is 0 Å². The van der Waals surface area contributed by atoms with Gasteiger partial charge in [0.1, 0.15) is 0 Å². The van der Waals surface area contributed by atoms with Crippen LogP contribution in [0.5, 0.6) is 0 Å². The highest BCUT2D eigenvalue weighted by Crippen LogP contribution is 2.33. The van der Waals surface area contributed by atoms with Crippen molar-refractivity contribution in [2.75, 3.05) is 64.1 Å². The Labute approximate surface area is 185 Å². The van der Waals surface area contributed by atoms with Crippen LogP contribution in [0.3, 0.4) is 0 Å². The van der Waals surface area contributed by atoms with E-state index in [-0.39, 0.29) is 28.7 Å². The Hall–Kier alpha value is -0.670. The highest BCUT2D eigenvalue weighted by Gasteiger charge is 2.32. The number of thioether (sulfide) groups is 1. The van der Waals surface area contributed by atoms with Crippen LogP contribution in [0.1, 0.15) is 18.4 Å². The van der Waals surface area contributed by atoms with Gasteiger partial charge < -0.3 is 19.9 Å². The van der Waals surface area contributed by atoms with Gasteiger partial charge >= 0.3 is 0 Å². The lowest BCUT2D eigenvalue weighted by Gasteiger charge is -2.40. The van der Waals surface area contributed by atoms with Gasteiger partial charge in [0.25, 0.3) is 0 Å². The normalized spacial score (nSPS) is 20.2. The topological polar surface area (TPSA) is 40.1 Å². The van der Waals surface area contributed by atoms with Crippen molar-refractivity contribution in [2.24, 2.45) is 4.99 Å². The summed E-state index contributed by atoms with van der Waals surface area (Å²) in [7, 11) is 1.89. The number of halogens is 1. The standard InChI is InChI=1S/C20H32N4OS.HI/c1-17-5-4-6-18(15-17)23-9-11-24(12-10-23)19(21-2)22-16-20(26-3)7-13-25-14-8-20;/h4-6,15H,7-14,16H2,1-3H3,(H,21,22);1H. The van der Waals surface area contributed by atoms with Crippen molar-refractivity contribution < 1.29 is 4.74 Å². The van der Waals surface area contributed by atoms with E-state index >= 15 is 0 Å². The third-order valence-electron chi connectivity index (χ3n) is 5.56. The average Bonchev–Trinajstić information content (AvgIpc) is 2.70. The van der Waals surface area contributed by atoms with Crippen LogP contribution in [0, 0.1) is 6.92 Å². The molecule has 0 atom stereocenters. The highest BCUT2D eigenvalue weighted by atomic mass is 127. The lowest BCUT2D eigenvalue weighted by atomic mass is 9.99. The molecule has 0 saturated carbocycles. The first-order valence-corrected chi connectivity index (χ1v) is 10.8. The second kappa shape index (κ2) is 10.8. The van der Waals surface area contributed by atoms with E-state index in [1.54, 1.807) is 0 Å². The van der Waals surface area contributed by atoms with E-state index in [2.05, 4.69) is 57.6 Å². The molecule has 1 aromatic rings. The van der Waals surface area contributed by atoms with Gasteiger partial charge in [0.05, 0.1) is 0 Å². The Balaban J connectivity index is 0.00000261. The smallest absolute Gasteiger partial charge is 0.193 e. The van der Waals surface area contributed by atoms with Crippen LogP contribution in [0.4, 0.5) is 5.69 Å². The molecule has 2 aliphatic heterocycles. The number of ether oxygens (including phenoxy) is 1. The minimum absolute atomic E-state index is 0. The Kier molecular flexibility index (Phi) is 9.01. The zero-order chi connectivity index (χ0) is 18.4. The Morgan fingerprint density at radius 2 is 1.93 bits per heavy atom. The fourth-order valence-electron chi connectivity index (χ4n) is 3.77. The number of hydrogen-bond acceptors (Lipinski definition) is 4. The molecule has 0 amide bonds. The number of rotatable bonds is 4. The van der Waals surface area contributed by atoms with Gasteiger partial charge in [0.15, 0.2) is 5.96 Å². The second-order valence-electron chi connectivity index (χ2n) is 7.21. The molecule has 2 saturated heterocycles. The number of hydrogen-bond donors (Lipinski definition) is 1. The molecule has 0 spiro atoms. The van der Waals surface area contributed by atoms with Gasteiger partial charge in [0, 0.05) is 63.4 Å². The van der Waals surface area contributed by atoms with E-state index in [0.717, 1.165) is 64.7 Å². The molecule has 5 nitrogen and oxygen atoms in total. The van der Waals surface area contributed by atoms with Gasteiger partial charge in [0.2, 0.25) is 0 Å². The molecule has 1 N–H and O–H groups in total. The van der Waals surface area contributed by atoms with Gasteiger partial charge in [-0.05, 0) is 43.7 Å². The number of aryl methyl sites for hydroxylation is 1. The summed E-state index contributed by atoms with van der Waals surface area (Å²) in [6.45, 7) is 8.93. The van der Waals surface area contributed by atoms with Crippen molar-refractivity contribution in [1.82, 2.24) is 10.2 Å². The number of benzene rings is 1. The first-order valence-electron chi connectivity index (χ1n) is 9.56. The summed E-state index contributed by atoms with van der Waals surface area (Å²) in [4.78, 5) is 9.41. The predicted octanol–water partition coefficient (Wildman–Crippen LogP) is 3.22. The molecule has 7 heteroatoms. The molecule has 0 aliphatic carbocycles. The summed E-state index contributed by atoms with van der Waals surface area (Å²) in [6, 6.07) is 8.79. The number of aliphatic imine (C=N–C) groups is 1. The molecule has 152 valence electrons. The zero-order valence-electron chi connectivity index (χ0n) is 16.7. The fraction of sp³-hybridized carbons (Fsp3) is 0.650. The van der Waals surface area contributed by atoms with Gasteiger partial charge in [-0.3, -0.25) is 4.99 Å². The summed E-state index contributed by atoms with van der Waals surface area (Å²) in [5.74, 6) is 1.04. The van der Waals surface area contributed by atoms with Gasteiger partial charge in [-0.15, -0.1) is 24.0 Å². The van der Waals surface area contributed by atoms with E-state index in [0.29, 0.717) is 0 Å². The van der Waals surface area contributed by atoms with E-state index in [9.17, 15) is 0 Å². The van der Waals surface area contributed by atoms with Crippen molar-refractivity contribution in [3.05, 3.63) is 29.8 Å². The van der Waals surface area contributed by atoms with E-state index in [1.807, 2.05) is 18.8 Å². The highest BCUT2D eigenvalue weighted by molar-refractivity contribution is 14.0. The number of nitrogens with zero attached hydrogens (tertiary/aromatic N) is 3. The lowest BCUT2D eigenvalue weighted by molar-refractivity contribution is 0.0781. The minimum atomic E-state index is 0. The first kappa shape index (κ1) is 22.6. The Morgan fingerprint density at radius 1 is 1.22 bits per heavy atom. The maximum atomic E-state index is 5.55. The van der Waals surface area contributed by atoms with E-state index < -0.39 is 0 Å². The van der Waals surface area contributed by atoms with E-state index in [4.69, 9.17) is 4.74 Å². The maximum absolute atomic E-state index is 5.55. The van der Waals surface area contributed by atoms with Crippen molar-refractivity contribution in [2.45, 2.75) is 24.5 Å². The van der Waals surface area contributed by atoms with Gasteiger partial charge in [-0.25, -0.2) is 0 Å². The summed E-state index contributed by atoms with van der Waals surface area (Å²) in [5.41, 5.74) is 2.65. The van der Waals surface area contributed by atoms with Crippen LogP contribution >= 0.6 is 35.7 Å². The minimum Gasteiger partial charge on any atom is -0.381 e. The van der Waals surface area contributed by atoms with Crippen molar-refractivity contribution >= 4 is 47.4 Å². The fourth-order valence-corrected chi connectivity index (χ4v) is 4.56. The summed E-state index contributed by atoms with van der Waals surface area (Å²) in [6.07, 6.45) is 4.44.